The highest BCUT2D eigenvalue weighted by molar-refractivity contribution is 7.89. The van der Waals surface area contributed by atoms with Gasteiger partial charge in [-0.25, -0.2) is 18.2 Å². The first-order chi connectivity index (χ1) is 13.7. The highest BCUT2D eigenvalue weighted by Gasteiger charge is 2.29. The van der Waals surface area contributed by atoms with Crippen LogP contribution in [0.2, 0.25) is 0 Å². The smallest absolute Gasteiger partial charge is 0.329 e. The summed E-state index contributed by atoms with van der Waals surface area (Å²) in [7, 11) is -2.37. The molecule has 160 valence electrons. The van der Waals surface area contributed by atoms with Gasteiger partial charge in [0, 0.05) is 25.5 Å². The van der Waals surface area contributed by atoms with Gasteiger partial charge in [-0.05, 0) is 44.0 Å². The van der Waals surface area contributed by atoms with Crippen molar-refractivity contribution in [3.05, 3.63) is 41.5 Å². The van der Waals surface area contributed by atoms with Crippen LogP contribution in [0.5, 0.6) is 5.75 Å². The van der Waals surface area contributed by atoms with Gasteiger partial charge >= 0.3 is 5.97 Å². The molecule has 0 aliphatic heterocycles. The first-order valence-corrected chi connectivity index (χ1v) is 10.6. The Morgan fingerprint density at radius 1 is 1.28 bits per heavy atom. The van der Waals surface area contributed by atoms with Crippen molar-refractivity contribution >= 4 is 16.0 Å². The predicted octanol–water partition coefficient (Wildman–Crippen LogP) is 1.82. The van der Waals surface area contributed by atoms with Crippen molar-refractivity contribution in [2.75, 3.05) is 26.9 Å². The second-order valence-corrected chi connectivity index (χ2v) is 8.38. The third kappa shape index (κ3) is 5.55. The lowest BCUT2D eigenvalue weighted by Gasteiger charge is -2.24. The van der Waals surface area contributed by atoms with Crippen molar-refractivity contribution in [2.45, 2.75) is 38.8 Å². The summed E-state index contributed by atoms with van der Waals surface area (Å²) in [6, 6.07) is 3.35. The molecule has 0 saturated carbocycles. The Hall–Kier alpha value is -2.43. The number of aromatic nitrogens is 2. The van der Waals surface area contributed by atoms with Crippen LogP contribution < -0.4 is 4.74 Å². The predicted molar refractivity (Wildman–Crippen MR) is 106 cm³/mol. The number of sulfonamides is 1. The second-order valence-electron chi connectivity index (χ2n) is 6.50. The van der Waals surface area contributed by atoms with E-state index in [0.29, 0.717) is 29.2 Å². The molecule has 0 aliphatic rings. The Morgan fingerprint density at radius 2 is 1.93 bits per heavy atom. The van der Waals surface area contributed by atoms with E-state index in [1.807, 2.05) is 11.5 Å². The van der Waals surface area contributed by atoms with E-state index in [-0.39, 0.29) is 24.6 Å². The second kappa shape index (κ2) is 9.86. The molecule has 9 nitrogen and oxygen atoms in total. The lowest BCUT2D eigenvalue weighted by Crippen LogP contribution is -2.35. The molecule has 1 aromatic carbocycles. The van der Waals surface area contributed by atoms with Crippen LogP contribution in [0.1, 0.15) is 23.9 Å². The summed E-state index contributed by atoms with van der Waals surface area (Å²) in [5.74, 6) is 0.0673. The number of carboxylic acids is 1. The number of rotatable bonds is 11. The van der Waals surface area contributed by atoms with Crippen molar-refractivity contribution in [3.8, 4) is 5.75 Å². The molecule has 2 aromatic rings. The molecular formula is C19H27N3O6S. The van der Waals surface area contributed by atoms with Crippen LogP contribution in [0.15, 0.2) is 29.4 Å². The van der Waals surface area contributed by atoms with Gasteiger partial charge in [-0.1, -0.05) is 0 Å². The van der Waals surface area contributed by atoms with Crippen LogP contribution in [-0.4, -0.2) is 60.2 Å². The van der Waals surface area contributed by atoms with Crippen LogP contribution in [0.3, 0.4) is 0 Å². The highest BCUT2D eigenvalue weighted by atomic mass is 32.2. The minimum absolute atomic E-state index is 0.00288. The van der Waals surface area contributed by atoms with Crippen LogP contribution in [0.25, 0.3) is 0 Å². The number of ether oxygens (including phenoxy) is 2. The number of hydrogen-bond donors (Lipinski definition) is 1. The molecule has 0 fully saturated rings. The van der Waals surface area contributed by atoms with E-state index in [1.54, 1.807) is 38.4 Å². The fourth-order valence-electron chi connectivity index (χ4n) is 3.11. The van der Waals surface area contributed by atoms with E-state index in [1.165, 1.54) is 11.4 Å². The van der Waals surface area contributed by atoms with Gasteiger partial charge < -0.3 is 19.1 Å². The molecule has 0 radical (unpaired) electrons. The summed E-state index contributed by atoms with van der Waals surface area (Å²) in [5.41, 5.74) is 1.13. The zero-order chi connectivity index (χ0) is 21.6. The summed E-state index contributed by atoms with van der Waals surface area (Å²) in [4.78, 5) is 15.1. The topological polar surface area (TPSA) is 111 Å². The average molecular weight is 426 g/mol. The van der Waals surface area contributed by atoms with Gasteiger partial charge in [-0.15, -0.1) is 0 Å². The van der Waals surface area contributed by atoms with Gasteiger partial charge in [0.2, 0.25) is 10.0 Å². The van der Waals surface area contributed by atoms with E-state index in [0.717, 1.165) is 0 Å². The Labute approximate surface area is 170 Å². The standard InChI is InChI=1S/C19H27N3O6S/c1-5-21-7-6-20-17(21)12-22(8-9-28-13-18(23)24)29(25,26)19-14(2)10-16(27-4)11-15(19)3/h6-7,10-11H,5,8-9,12-13H2,1-4H3,(H,23,24). The van der Waals surface area contributed by atoms with E-state index >= 15 is 0 Å². The molecule has 0 bridgehead atoms. The Balaban J connectivity index is 2.39. The number of hydrogen-bond acceptors (Lipinski definition) is 6. The maximum absolute atomic E-state index is 13.5. The Bertz CT molecular complexity index is 932. The number of aliphatic carboxylic acids is 1. The van der Waals surface area contributed by atoms with Crippen LogP contribution in [-0.2, 0) is 32.6 Å². The molecule has 1 heterocycles. The number of methoxy groups -OCH3 is 1. The minimum atomic E-state index is -3.89. The molecule has 0 unspecified atom stereocenters. The maximum atomic E-state index is 13.5. The molecule has 2 rings (SSSR count). The van der Waals surface area contributed by atoms with E-state index in [4.69, 9.17) is 14.6 Å². The van der Waals surface area contributed by atoms with Crippen LogP contribution in [0, 0.1) is 13.8 Å². The largest absolute Gasteiger partial charge is 0.497 e. The maximum Gasteiger partial charge on any atom is 0.329 e. The summed E-state index contributed by atoms with van der Waals surface area (Å²) in [5, 5.41) is 8.73. The summed E-state index contributed by atoms with van der Waals surface area (Å²) < 4.78 is 40.4. The van der Waals surface area contributed by atoms with E-state index in [2.05, 4.69) is 4.98 Å². The van der Waals surface area contributed by atoms with Gasteiger partial charge in [0.1, 0.15) is 18.2 Å². The lowest BCUT2D eigenvalue weighted by molar-refractivity contribution is -0.142. The van der Waals surface area contributed by atoms with Crippen molar-refractivity contribution < 1.29 is 27.8 Å². The van der Waals surface area contributed by atoms with Gasteiger partial charge in [-0.2, -0.15) is 4.31 Å². The van der Waals surface area contributed by atoms with Crippen molar-refractivity contribution in [1.29, 1.82) is 0 Å². The monoisotopic (exact) mass is 425 g/mol. The minimum Gasteiger partial charge on any atom is -0.497 e. The molecule has 0 amide bonds. The number of carbonyl (C=O) groups is 1. The lowest BCUT2D eigenvalue weighted by atomic mass is 10.1. The molecule has 1 aromatic heterocycles. The van der Waals surface area contributed by atoms with E-state index in [9.17, 15) is 13.2 Å². The Kier molecular flexibility index (Phi) is 7.77. The van der Waals surface area contributed by atoms with Gasteiger partial charge in [-0.3, -0.25) is 0 Å². The molecule has 0 aliphatic carbocycles. The number of imidazole rings is 1. The molecular weight excluding hydrogens is 398 g/mol. The summed E-state index contributed by atoms with van der Waals surface area (Å²) in [6.07, 6.45) is 3.40. The normalized spacial score (nSPS) is 11.8. The zero-order valence-electron chi connectivity index (χ0n) is 17.1. The number of aryl methyl sites for hydroxylation is 3. The van der Waals surface area contributed by atoms with Crippen molar-refractivity contribution in [2.24, 2.45) is 0 Å². The fourth-order valence-corrected chi connectivity index (χ4v) is 4.90. The summed E-state index contributed by atoms with van der Waals surface area (Å²) in [6.45, 7) is 5.53. The fraction of sp³-hybridized carbons (Fsp3) is 0.474. The first kappa shape index (κ1) is 22.9. The number of nitrogens with zero attached hydrogens (tertiary/aromatic N) is 3. The quantitative estimate of drug-likeness (QED) is 0.547. The molecule has 0 spiro atoms. The average Bonchev–Trinajstić information content (AvgIpc) is 3.10. The Morgan fingerprint density at radius 3 is 2.48 bits per heavy atom. The van der Waals surface area contributed by atoms with Crippen molar-refractivity contribution in [1.82, 2.24) is 13.9 Å². The SMILES string of the molecule is CCn1ccnc1CN(CCOCC(=O)O)S(=O)(=O)c1c(C)cc(OC)cc1C. The molecule has 29 heavy (non-hydrogen) atoms. The number of carboxylic acid groups (broad SMARTS) is 1. The molecule has 0 atom stereocenters. The van der Waals surface area contributed by atoms with Gasteiger partial charge in [0.15, 0.2) is 0 Å². The van der Waals surface area contributed by atoms with Gasteiger partial charge in [0.25, 0.3) is 0 Å². The highest BCUT2D eigenvalue weighted by Crippen LogP contribution is 2.29. The van der Waals surface area contributed by atoms with Crippen LogP contribution in [0.4, 0.5) is 0 Å². The first-order valence-electron chi connectivity index (χ1n) is 9.15. The molecule has 10 heteroatoms. The molecule has 1 N–H and O–H groups in total. The van der Waals surface area contributed by atoms with Gasteiger partial charge in [0.05, 0.1) is 25.2 Å². The zero-order valence-corrected chi connectivity index (χ0v) is 17.9. The van der Waals surface area contributed by atoms with Crippen LogP contribution >= 0.6 is 0 Å². The van der Waals surface area contributed by atoms with E-state index < -0.39 is 22.6 Å². The molecule has 0 saturated heterocycles. The van der Waals surface area contributed by atoms with Crippen molar-refractivity contribution in [3.63, 3.8) is 0 Å². The third-order valence-corrected chi connectivity index (χ3v) is 6.59. The number of benzene rings is 1. The third-order valence-electron chi connectivity index (χ3n) is 4.44. The summed E-state index contributed by atoms with van der Waals surface area (Å²) >= 11 is 0.